The van der Waals surface area contributed by atoms with Crippen molar-refractivity contribution in [2.24, 2.45) is 0 Å². The molecule has 7 heteroatoms. The molecule has 2 atom stereocenters. The van der Waals surface area contributed by atoms with Gasteiger partial charge in [-0.3, -0.25) is 0 Å². The van der Waals surface area contributed by atoms with E-state index in [1.165, 1.54) is 24.0 Å². The van der Waals surface area contributed by atoms with Crippen LogP contribution in [0.1, 0.15) is 175 Å². The fraction of sp³-hybridized carbons (Fsp3) is 0.643. The number of hydrogen-bond donors (Lipinski definition) is 2. The molecule has 0 radical (unpaired) electrons. The van der Waals surface area contributed by atoms with Crippen LogP contribution in [0.2, 0.25) is 0 Å². The summed E-state index contributed by atoms with van der Waals surface area (Å²) in [6, 6.07) is 9.71. The van der Waals surface area contributed by atoms with Crippen LogP contribution in [0.25, 0.3) is 0 Å². The van der Waals surface area contributed by atoms with Gasteiger partial charge in [-0.05, 0) is 6.92 Å². The van der Waals surface area contributed by atoms with Crippen LogP contribution >= 0.6 is 0 Å². The Morgan fingerprint density at radius 1 is 0.694 bits per heavy atom. The monoisotopic (exact) mass is 720 g/mol. The van der Waals surface area contributed by atoms with Crippen LogP contribution in [-0.2, 0) is 41.6 Å². The number of hydrogen-bond acceptors (Lipinski definition) is 4. The predicted octanol–water partition coefficient (Wildman–Crippen LogP) is 8.40. The molecular weight excluding hydrogens is 655 g/mol. The van der Waals surface area contributed by atoms with E-state index in [9.17, 15) is 10.2 Å². The van der Waals surface area contributed by atoms with Crippen LogP contribution < -0.4 is 5.11 Å². The second-order valence-corrected chi connectivity index (χ2v) is 18.0. The Kier molecular flexibility index (Phi) is 13.1. The third kappa shape index (κ3) is 9.18. The van der Waals surface area contributed by atoms with Crippen molar-refractivity contribution in [1.29, 1.82) is 0 Å². The zero-order chi connectivity index (χ0) is 37.1. The molecule has 49 heavy (non-hydrogen) atoms. The van der Waals surface area contributed by atoms with Gasteiger partial charge in [0.1, 0.15) is 0 Å². The SMILES string of the molecule is CC(=O)[O-].CCC(C)(C)c1cc(C=[N+]2[Co][N+](=Cc3cc(C(C)(C)CC)cc(C(C)(C)CC)c3O)C3CCCCC32)c(O)c(C(C)(C)CC)c1. The Labute approximate surface area is 304 Å². The van der Waals surface area contributed by atoms with Crippen molar-refractivity contribution in [3.63, 3.8) is 0 Å². The number of phenolic OH excluding ortho intramolecular Hbond substituents is 2. The standard InChI is InChI=1S/C40H62N2O2.C2H4O2.Co/c1-13-37(5,6)29-21-27(35(43)31(23-29)39(9,10)15-3)25-41-33-19-17-18-20-34(33)42-26-28-22-30(38(7,8)14-2)24-32(36(28)44)40(11,12)16-4;1-2(3)4;/h21-26,33-34,43-44H,13-20H2,1-12H3;1H3,(H,3,4);/q;;+2/p-1. The predicted molar refractivity (Wildman–Crippen MR) is 197 cm³/mol. The zero-order valence-corrected chi connectivity index (χ0v) is 33.8. The number of nitrogens with zero attached hydrogens (tertiary/aromatic N) is 2. The van der Waals surface area contributed by atoms with Gasteiger partial charge in [-0.15, -0.1) is 0 Å². The van der Waals surface area contributed by atoms with E-state index < -0.39 is 5.97 Å². The van der Waals surface area contributed by atoms with Gasteiger partial charge in [0.25, 0.3) is 0 Å². The molecule has 1 heterocycles. The van der Waals surface area contributed by atoms with E-state index in [0.717, 1.165) is 82.8 Å². The number of carbonyl (C=O) groups excluding carboxylic acids is 1. The molecule has 2 aromatic rings. The van der Waals surface area contributed by atoms with Gasteiger partial charge in [0.15, 0.2) is 0 Å². The summed E-state index contributed by atoms with van der Waals surface area (Å²) in [5, 5.41) is 32.4. The molecule has 0 spiro atoms. The molecule has 0 amide bonds. The van der Waals surface area contributed by atoms with Gasteiger partial charge in [0, 0.05) is 5.97 Å². The summed E-state index contributed by atoms with van der Waals surface area (Å²) in [5.41, 5.74) is 6.29. The molecule has 2 unspecified atom stereocenters. The van der Waals surface area contributed by atoms with Gasteiger partial charge >= 0.3 is 282 Å². The summed E-state index contributed by atoms with van der Waals surface area (Å²) >= 11 is 1.12. The third-order valence-corrected chi connectivity index (χ3v) is 13.2. The van der Waals surface area contributed by atoms with Gasteiger partial charge in [0.05, 0.1) is 0 Å². The molecular formula is C42H65CoN2O4+. The summed E-state index contributed by atoms with van der Waals surface area (Å²) in [7, 11) is 0. The maximum absolute atomic E-state index is 11.8. The molecule has 2 aliphatic rings. The van der Waals surface area contributed by atoms with Crippen molar-refractivity contribution in [3.8, 4) is 11.5 Å². The van der Waals surface area contributed by atoms with Crippen molar-refractivity contribution in [3.05, 3.63) is 57.6 Å². The maximum atomic E-state index is 11.8. The number of aliphatic carboxylic acids is 1. The van der Waals surface area contributed by atoms with Gasteiger partial charge in [-0.1, -0.05) is 0 Å². The number of carboxylic acids is 1. The number of phenols is 2. The van der Waals surface area contributed by atoms with Crippen LogP contribution in [0.3, 0.4) is 0 Å². The average molecular weight is 721 g/mol. The van der Waals surface area contributed by atoms with Crippen LogP contribution in [0, 0.1) is 0 Å². The minimum atomic E-state index is -1.08. The Hall–Kier alpha value is -2.64. The Balaban J connectivity index is 0.00000154. The van der Waals surface area contributed by atoms with E-state index >= 15 is 0 Å². The summed E-state index contributed by atoms with van der Waals surface area (Å²) in [4.78, 5) is 8.89. The molecule has 2 fully saturated rings. The van der Waals surface area contributed by atoms with Crippen LogP contribution in [0.5, 0.6) is 11.5 Å². The minimum absolute atomic E-state index is 0.0171. The molecule has 1 saturated carbocycles. The summed E-state index contributed by atoms with van der Waals surface area (Å²) in [6.07, 6.45) is 13.2. The number of carboxylic acid groups (broad SMARTS) is 1. The van der Waals surface area contributed by atoms with Crippen LogP contribution in [0.4, 0.5) is 0 Å². The molecule has 1 saturated heterocycles. The molecule has 1 aliphatic carbocycles. The Morgan fingerprint density at radius 3 is 1.29 bits per heavy atom. The quantitative estimate of drug-likeness (QED) is 0.258. The van der Waals surface area contributed by atoms with Gasteiger partial charge in [-0.25, -0.2) is 0 Å². The van der Waals surface area contributed by atoms with Crippen molar-refractivity contribution in [2.45, 2.75) is 175 Å². The molecule has 1 aliphatic heterocycles. The number of rotatable bonds is 10. The van der Waals surface area contributed by atoms with Crippen molar-refractivity contribution in [1.82, 2.24) is 0 Å². The number of fused-ring (bicyclic) bond motifs is 1. The van der Waals surface area contributed by atoms with E-state index in [1.54, 1.807) is 0 Å². The zero-order valence-electron chi connectivity index (χ0n) is 32.7. The average Bonchev–Trinajstić information content (AvgIpc) is 3.38. The van der Waals surface area contributed by atoms with E-state index in [4.69, 9.17) is 9.90 Å². The Morgan fingerprint density at radius 2 is 1.00 bits per heavy atom. The first kappa shape index (κ1) is 40.8. The Bertz CT molecular complexity index is 1450. The first-order chi connectivity index (χ1) is 22.6. The third-order valence-electron chi connectivity index (χ3n) is 11.8. The number of benzene rings is 2. The molecule has 0 bridgehead atoms. The fourth-order valence-corrected chi connectivity index (χ4v) is 8.05. The van der Waals surface area contributed by atoms with Gasteiger partial charge < -0.3 is 9.90 Å². The second-order valence-electron chi connectivity index (χ2n) is 16.8. The van der Waals surface area contributed by atoms with Gasteiger partial charge in [0.2, 0.25) is 0 Å². The van der Waals surface area contributed by atoms with E-state index in [-0.39, 0.29) is 21.7 Å². The molecule has 2 aromatic carbocycles. The molecule has 275 valence electrons. The van der Waals surface area contributed by atoms with E-state index in [2.05, 4.69) is 127 Å². The molecule has 2 N–H and O–H groups in total. The van der Waals surface area contributed by atoms with E-state index in [0.29, 0.717) is 23.6 Å². The molecule has 0 aromatic heterocycles. The van der Waals surface area contributed by atoms with Crippen molar-refractivity contribution in [2.75, 3.05) is 0 Å². The topological polar surface area (TPSA) is 86.6 Å². The fourth-order valence-electron chi connectivity index (χ4n) is 6.42. The normalized spacial score (nSPS) is 20.4. The van der Waals surface area contributed by atoms with Crippen molar-refractivity contribution >= 4 is 18.4 Å². The summed E-state index contributed by atoms with van der Waals surface area (Å²) in [5.74, 6) is -0.249. The van der Waals surface area contributed by atoms with Crippen LogP contribution in [0.15, 0.2) is 24.3 Å². The number of carbonyl (C=O) groups is 1. The second kappa shape index (κ2) is 15.7. The van der Waals surface area contributed by atoms with Gasteiger partial charge in [-0.2, -0.15) is 0 Å². The first-order valence-electron chi connectivity index (χ1n) is 18.5. The molecule has 4 rings (SSSR count). The summed E-state index contributed by atoms with van der Waals surface area (Å²) < 4.78 is 4.90. The number of aromatic hydroxyl groups is 2. The summed E-state index contributed by atoms with van der Waals surface area (Å²) in [6.45, 7) is 28.1. The first-order valence-corrected chi connectivity index (χ1v) is 19.4. The van der Waals surface area contributed by atoms with Crippen molar-refractivity contribution < 1.29 is 42.5 Å². The van der Waals surface area contributed by atoms with E-state index in [1.807, 2.05) is 0 Å². The van der Waals surface area contributed by atoms with Crippen LogP contribution in [-0.4, -0.2) is 47.9 Å². The molecule has 6 nitrogen and oxygen atoms in total.